The van der Waals surface area contributed by atoms with E-state index in [0.29, 0.717) is 43.5 Å². The van der Waals surface area contributed by atoms with Crippen LogP contribution in [0.1, 0.15) is 35.8 Å². The van der Waals surface area contributed by atoms with Crippen molar-refractivity contribution in [1.82, 2.24) is 15.0 Å². The minimum Gasteiger partial charge on any atom is -0.503 e. The number of ether oxygens (including phenoxy) is 2. The number of carbonyl (C=O) groups excluding carboxylic acids is 1. The number of aromatic nitrogens is 2. The first-order valence-corrected chi connectivity index (χ1v) is 15.3. The van der Waals surface area contributed by atoms with Crippen LogP contribution in [0.5, 0.6) is 17.2 Å². The fourth-order valence-corrected chi connectivity index (χ4v) is 7.10. The second kappa shape index (κ2) is 12.4. The zero-order valence-electron chi connectivity index (χ0n) is 21.9. The van der Waals surface area contributed by atoms with Gasteiger partial charge in [0.2, 0.25) is 0 Å². The lowest BCUT2D eigenvalue weighted by Crippen LogP contribution is -2.24. The molecule has 0 spiro atoms. The van der Waals surface area contributed by atoms with E-state index in [-0.39, 0.29) is 28.7 Å². The minimum absolute atomic E-state index is 0.00000102. The van der Waals surface area contributed by atoms with Gasteiger partial charge in [-0.25, -0.2) is 10.4 Å². The number of hydrogen-bond donors (Lipinski definition) is 2. The van der Waals surface area contributed by atoms with Crippen molar-refractivity contribution >= 4 is 61.4 Å². The number of fused-ring (bicyclic) bond motifs is 3. The molecule has 4 aromatic rings. The van der Waals surface area contributed by atoms with E-state index in [9.17, 15) is 14.7 Å². The molecule has 208 valence electrons. The first-order chi connectivity index (χ1) is 19.4. The van der Waals surface area contributed by atoms with Gasteiger partial charge in [-0.05, 0) is 96.1 Å². The molecule has 2 aromatic carbocycles. The van der Waals surface area contributed by atoms with E-state index in [1.807, 2.05) is 31.2 Å². The number of thiophene rings is 1. The van der Waals surface area contributed by atoms with Gasteiger partial charge in [0.15, 0.2) is 16.7 Å². The molecule has 0 fully saturated rings. The third-order valence-corrected chi connectivity index (χ3v) is 9.10. The molecule has 0 unspecified atom stereocenters. The molecule has 1 aliphatic carbocycles. The molecule has 2 N–H and O–H groups in total. The maximum Gasteiger partial charge on any atom is 0.267 e. The number of phenols is 1. The summed E-state index contributed by atoms with van der Waals surface area (Å²) in [7, 11) is 1.45. The van der Waals surface area contributed by atoms with Crippen LogP contribution >= 0.6 is 39.0 Å². The van der Waals surface area contributed by atoms with Gasteiger partial charge in [-0.15, -0.1) is 11.3 Å². The van der Waals surface area contributed by atoms with E-state index in [0.717, 1.165) is 31.2 Å². The summed E-state index contributed by atoms with van der Waals surface area (Å²) in [5.41, 5.74) is 4.78. The van der Waals surface area contributed by atoms with Gasteiger partial charge in [-0.1, -0.05) is 11.8 Å². The molecule has 9 nitrogen and oxygen atoms in total. The molecule has 2 aromatic heterocycles. The van der Waals surface area contributed by atoms with Crippen LogP contribution in [0.4, 0.5) is 0 Å². The van der Waals surface area contributed by atoms with Crippen molar-refractivity contribution < 1.29 is 19.4 Å². The number of hydrazone groups is 1. The van der Waals surface area contributed by atoms with Crippen LogP contribution in [0.2, 0.25) is 0 Å². The molecule has 0 bridgehead atoms. The average molecular weight is 644 g/mol. The number of nitrogens with zero attached hydrogens (tertiary/aromatic N) is 3. The van der Waals surface area contributed by atoms with Crippen molar-refractivity contribution in [1.29, 1.82) is 0 Å². The summed E-state index contributed by atoms with van der Waals surface area (Å²) in [6, 6.07) is 10.6. The quantitative estimate of drug-likeness (QED) is 0.108. The van der Waals surface area contributed by atoms with Gasteiger partial charge in [0.25, 0.3) is 11.5 Å². The summed E-state index contributed by atoms with van der Waals surface area (Å²) in [4.78, 5) is 33.4. The van der Waals surface area contributed by atoms with Crippen LogP contribution in [0, 0.1) is 0 Å². The first-order valence-electron chi connectivity index (χ1n) is 12.7. The largest absolute Gasteiger partial charge is 0.503 e. The standard InChI is InChI=1S/C28H27BrN4O5S2/c1-3-38-18-10-8-17(9-11-18)33-27(36)24-19-6-4-5-7-22(19)40-26(24)31-28(33)39-15-23(34)32-30-14-16-12-20(29)25(35)21(13-16)37-2/h8-14,35H,3-7,15H2,1-2H3,(H,32,34)/b30-14+. The maximum atomic E-state index is 13.9. The number of methoxy groups -OCH3 is 1. The van der Waals surface area contributed by atoms with Gasteiger partial charge >= 0.3 is 0 Å². The number of amides is 1. The summed E-state index contributed by atoms with van der Waals surface area (Å²) in [6.07, 6.45) is 5.47. The second-order valence-corrected chi connectivity index (χ2v) is 11.9. The molecule has 2 heterocycles. The highest BCUT2D eigenvalue weighted by atomic mass is 79.9. The van der Waals surface area contributed by atoms with E-state index in [2.05, 4.69) is 26.5 Å². The third kappa shape index (κ3) is 5.89. The molecular weight excluding hydrogens is 616 g/mol. The van der Waals surface area contributed by atoms with Crippen LogP contribution in [-0.4, -0.2) is 46.2 Å². The van der Waals surface area contributed by atoms with Crippen molar-refractivity contribution in [3.05, 3.63) is 67.2 Å². The van der Waals surface area contributed by atoms with Crippen molar-refractivity contribution in [3.63, 3.8) is 0 Å². The highest BCUT2D eigenvalue weighted by Gasteiger charge is 2.23. The highest BCUT2D eigenvalue weighted by Crippen LogP contribution is 2.36. The summed E-state index contributed by atoms with van der Waals surface area (Å²) in [5.74, 6) is 0.617. The number of aryl methyl sites for hydroxylation is 2. The number of hydrogen-bond acceptors (Lipinski definition) is 9. The lowest BCUT2D eigenvalue weighted by molar-refractivity contribution is -0.118. The number of thioether (sulfide) groups is 1. The van der Waals surface area contributed by atoms with Crippen LogP contribution in [0.3, 0.4) is 0 Å². The van der Waals surface area contributed by atoms with Crippen LogP contribution < -0.4 is 20.5 Å². The highest BCUT2D eigenvalue weighted by molar-refractivity contribution is 9.10. The summed E-state index contributed by atoms with van der Waals surface area (Å²) in [6.45, 7) is 2.46. The molecule has 1 amide bonds. The first kappa shape index (κ1) is 28.2. The van der Waals surface area contributed by atoms with E-state index in [4.69, 9.17) is 14.5 Å². The second-order valence-electron chi connectivity index (χ2n) is 8.99. The Hall–Kier alpha value is -3.35. The van der Waals surface area contributed by atoms with E-state index >= 15 is 0 Å². The van der Waals surface area contributed by atoms with E-state index in [1.54, 1.807) is 28.0 Å². The van der Waals surface area contributed by atoms with E-state index in [1.165, 1.54) is 30.0 Å². The molecule has 0 saturated carbocycles. The summed E-state index contributed by atoms with van der Waals surface area (Å²) in [5, 5.41) is 15.1. The fraction of sp³-hybridized carbons (Fsp3) is 0.286. The van der Waals surface area contributed by atoms with Gasteiger partial charge in [-0.2, -0.15) is 5.10 Å². The Bertz CT molecular complexity index is 1650. The van der Waals surface area contributed by atoms with E-state index < -0.39 is 0 Å². The van der Waals surface area contributed by atoms with Gasteiger partial charge < -0.3 is 14.6 Å². The number of carbonyl (C=O) groups is 1. The molecule has 0 aliphatic heterocycles. The SMILES string of the molecule is CCOc1ccc(-n2c(SCC(=O)N/N=C/c3cc(Br)c(O)c(OC)c3)nc3sc4c(c3c2=O)CCCC4)cc1. The number of phenolic OH excluding ortho intramolecular Hbond substituents is 1. The summed E-state index contributed by atoms with van der Waals surface area (Å²) < 4.78 is 12.7. The third-order valence-electron chi connectivity index (χ3n) is 6.37. The zero-order valence-corrected chi connectivity index (χ0v) is 25.1. The smallest absolute Gasteiger partial charge is 0.267 e. The van der Waals surface area contributed by atoms with Gasteiger partial charge in [0, 0.05) is 4.88 Å². The molecule has 0 radical (unpaired) electrons. The molecule has 40 heavy (non-hydrogen) atoms. The molecular formula is C28H27BrN4O5S2. The Morgan fingerprint density at radius 1 is 1.27 bits per heavy atom. The molecule has 0 atom stereocenters. The Labute approximate surface area is 247 Å². The number of halogens is 1. The Morgan fingerprint density at radius 3 is 2.80 bits per heavy atom. The Morgan fingerprint density at radius 2 is 2.05 bits per heavy atom. The van der Waals surface area contributed by atoms with Gasteiger partial charge in [0.1, 0.15) is 10.6 Å². The Kier molecular flexibility index (Phi) is 8.77. The van der Waals surface area contributed by atoms with Crippen molar-refractivity contribution in [2.75, 3.05) is 19.5 Å². The van der Waals surface area contributed by atoms with Crippen LogP contribution in [0.25, 0.3) is 15.9 Å². The lowest BCUT2D eigenvalue weighted by atomic mass is 9.97. The molecule has 1 aliphatic rings. The predicted octanol–water partition coefficient (Wildman–Crippen LogP) is 5.44. The van der Waals surface area contributed by atoms with Crippen molar-refractivity contribution in [2.24, 2.45) is 5.10 Å². The van der Waals surface area contributed by atoms with Crippen LogP contribution in [0.15, 0.2) is 55.9 Å². The lowest BCUT2D eigenvalue weighted by Gasteiger charge is -2.14. The zero-order chi connectivity index (χ0) is 28.2. The topological polar surface area (TPSA) is 115 Å². The van der Waals surface area contributed by atoms with Crippen LogP contribution in [-0.2, 0) is 17.6 Å². The summed E-state index contributed by atoms with van der Waals surface area (Å²) >= 11 is 6.02. The molecule has 0 saturated heterocycles. The monoisotopic (exact) mass is 642 g/mol. The maximum absolute atomic E-state index is 13.9. The number of nitrogens with one attached hydrogen (secondary N) is 1. The average Bonchev–Trinajstić information content (AvgIpc) is 3.33. The van der Waals surface area contributed by atoms with Crippen molar-refractivity contribution in [3.8, 4) is 22.9 Å². The number of benzene rings is 2. The van der Waals surface area contributed by atoms with Gasteiger partial charge in [0.05, 0.1) is 41.2 Å². The molecule has 5 rings (SSSR count). The van der Waals surface area contributed by atoms with Gasteiger partial charge in [-0.3, -0.25) is 14.2 Å². The predicted molar refractivity (Wildman–Crippen MR) is 162 cm³/mol. The Balaban J connectivity index is 1.40. The normalized spacial score (nSPS) is 13.0. The van der Waals surface area contributed by atoms with Crippen molar-refractivity contribution in [2.45, 2.75) is 37.8 Å². The minimum atomic E-state index is -0.357. The number of rotatable bonds is 9. The number of aromatic hydroxyl groups is 1. The fourth-order valence-electron chi connectivity index (χ4n) is 4.53. The molecule has 12 heteroatoms.